The normalized spacial score (nSPS) is 19.6. The third-order valence-corrected chi connectivity index (χ3v) is 5.92. The highest BCUT2D eigenvalue weighted by Gasteiger charge is 2.34. The zero-order valence-electron chi connectivity index (χ0n) is 22.1. The lowest BCUT2D eigenvalue weighted by atomic mass is 10.1. The van der Waals surface area contributed by atoms with Crippen LogP contribution in [0.1, 0.15) is 107 Å². The van der Waals surface area contributed by atoms with Crippen molar-refractivity contribution in [2.75, 3.05) is 26.2 Å². The molecule has 2 fully saturated rings. The SMILES string of the molecule is CC.CC.CC1CCN(C(=O)CCCCCNC(=O)CCCCCN2C(=O)CC(C)C2=O)C1.[HH]. The Hall–Kier alpha value is -1.92. The van der Waals surface area contributed by atoms with E-state index in [0.29, 0.717) is 38.3 Å². The summed E-state index contributed by atoms with van der Waals surface area (Å²) in [6.07, 6.45) is 7.60. The lowest BCUT2D eigenvalue weighted by molar-refractivity contribution is -0.139. The predicted molar refractivity (Wildman–Crippen MR) is 136 cm³/mol. The molecule has 0 saturated carbocycles. The van der Waals surface area contributed by atoms with Gasteiger partial charge in [0.15, 0.2) is 0 Å². The number of nitrogens with one attached hydrogen (secondary N) is 1. The summed E-state index contributed by atoms with van der Waals surface area (Å²) in [7, 11) is 0. The van der Waals surface area contributed by atoms with Gasteiger partial charge in [-0.3, -0.25) is 24.1 Å². The van der Waals surface area contributed by atoms with E-state index >= 15 is 0 Å². The molecule has 0 aromatic carbocycles. The number of carbonyl (C=O) groups excluding carboxylic acids is 4. The number of nitrogens with zero attached hydrogens (tertiary/aromatic N) is 2. The minimum Gasteiger partial charge on any atom is -0.356 e. The van der Waals surface area contributed by atoms with Crippen LogP contribution in [0.5, 0.6) is 0 Å². The molecule has 4 amide bonds. The Kier molecular flexibility index (Phi) is 17.4. The van der Waals surface area contributed by atoms with Crippen molar-refractivity contribution in [1.82, 2.24) is 15.1 Å². The maximum atomic E-state index is 12.1. The first-order chi connectivity index (χ1) is 15.9. The van der Waals surface area contributed by atoms with Crippen LogP contribution >= 0.6 is 0 Å². The zero-order chi connectivity index (χ0) is 25.2. The van der Waals surface area contributed by atoms with Crippen LogP contribution in [0.25, 0.3) is 0 Å². The number of hydrogen-bond acceptors (Lipinski definition) is 4. The molecule has 0 aromatic heterocycles. The molecule has 2 unspecified atom stereocenters. The van der Waals surface area contributed by atoms with Crippen molar-refractivity contribution in [1.29, 1.82) is 0 Å². The fourth-order valence-corrected chi connectivity index (χ4v) is 4.03. The van der Waals surface area contributed by atoms with Gasteiger partial charge in [0.1, 0.15) is 0 Å². The maximum absolute atomic E-state index is 12.1. The van der Waals surface area contributed by atoms with Crippen LogP contribution < -0.4 is 5.32 Å². The van der Waals surface area contributed by atoms with E-state index in [-0.39, 0.29) is 31.0 Å². The summed E-state index contributed by atoms with van der Waals surface area (Å²) in [5, 5.41) is 2.93. The molecule has 0 spiro atoms. The van der Waals surface area contributed by atoms with Crippen molar-refractivity contribution in [3.8, 4) is 0 Å². The third-order valence-electron chi connectivity index (χ3n) is 5.92. The van der Waals surface area contributed by atoms with Gasteiger partial charge in [-0.15, -0.1) is 0 Å². The fraction of sp³-hybridized carbons (Fsp3) is 0.846. The molecule has 194 valence electrons. The van der Waals surface area contributed by atoms with Crippen LogP contribution in [0.3, 0.4) is 0 Å². The van der Waals surface area contributed by atoms with Gasteiger partial charge in [-0.1, -0.05) is 54.4 Å². The van der Waals surface area contributed by atoms with Crippen LogP contribution in [-0.4, -0.2) is 59.6 Å². The first-order valence-electron chi connectivity index (χ1n) is 13.3. The van der Waals surface area contributed by atoms with Crippen LogP contribution in [0.2, 0.25) is 0 Å². The molecule has 33 heavy (non-hydrogen) atoms. The summed E-state index contributed by atoms with van der Waals surface area (Å²) in [4.78, 5) is 50.8. The number of amides is 4. The maximum Gasteiger partial charge on any atom is 0.232 e. The minimum atomic E-state index is -0.185. The van der Waals surface area contributed by atoms with Gasteiger partial charge >= 0.3 is 0 Å². The highest BCUT2D eigenvalue weighted by atomic mass is 16.2. The van der Waals surface area contributed by atoms with Gasteiger partial charge in [0.2, 0.25) is 23.6 Å². The van der Waals surface area contributed by atoms with Gasteiger partial charge < -0.3 is 10.2 Å². The van der Waals surface area contributed by atoms with E-state index in [0.717, 1.165) is 58.0 Å². The van der Waals surface area contributed by atoms with Gasteiger partial charge in [-0.2, -0.15) is 0 Å². The molecule has 0 radical (unpaired) electrons. The lowest BCUT2D eigenvalue weighted by Crippen LogP contribution is -2.31. The van der Waals surface area contributed by atoms with E-state index < -0.39 is 0 Å². The molecule has 0 bridgehead atoms. The minimum absolute atomic E-state index is 0. The summed E-state index contributed by atoms with van der Waals surface area (Å²) >= 11 is 0. The zero-order valence-corrected chi connectivity index (χ0v) is 22.1. The Morgan fingerprint density at radius 1 is 0.939 bits per heavy atom. The Labute approximate surface area is 203 Å². The van der Waals surface area contributed by atoms with E-state index in [1.807, 2.05) is 32.6 Å². The first-order valence-corrected chi connectivity index (χ1v) is 13.3. The molecule has 7 nitrogen and oxygen atoms in total. The van der Waals surface area contributed by atoms with Gasteiger partial charge in [0.05, 0.1) is 0 Å². The van der Waals surface area contributed by atoms with Crippen LogP contribution in [0.4, 0.5) is 0 Å². The monoisotopic (exact) mass is 469 g/mol. The topological polar surface area (TPSA) is 86.8 Å². The largest absolute Gasteiger partial charge is 0.356 e. The Balaban J connectivity index is 0. The van der Waals surface area contributed by atoms with E-state index in [1.165, 1.54) is 4.90 Å². The van der Waals surface area contributed by atoms with Crippen molar-refractivity contribution in [2.45, 2.75) is 106 Å². The molecule has 0 aliphatic carbocycles. The van der Waals surface area contributed by atoms with Crippen LogP contribution in [-0.2, 0) is 19.2 Å². The summed E-state index contributed by atoms with van der Waals surface area (Å²) in [6.45, 7) is 14.9. The quantitative estimate of drug-likeness (QED) is 0.329. The summed E-state index contributed by atoms with van der Waals surface area (Å²) in [5.41, 5.74) is 0. The second-order valence-corrected chi connectivity index (χ2v) is 8.69. The van der Waals surface area contributed by atoms with Crippen molar-refractivity contribution in [2.24, 2.45) is 11.8 Å². The Morgan fingerprint density at radius 2 is 1.58 bits per heavy atom. The second-order valence-electron chi connectivity index (χ2n) is 8.69. The average molecular weight is 470 g/mol. The van der Waals surface area contributed by atoms with E-state index in [1.54, 1.807) is 6.92 Å². The predicted octanol–water partition coefficient (Wildman–Crippen LogP) is 4.79. The van der Waals surface area contributed by atoms with Crippen LogP contribution in [0, 0.1) is 11.8 Å². The number of likely N-dealkylation sites (tertiary alicyclic amines) is 2. The standard InChI is InChI=1S/C22H37N3O4.2C2H6.H2/c1-17-11-14-24(16-17)20(27)10-6-3-7-12-23-19(26)9-5-4-8-13-25-21(28)15-18(2)22(25)29;2*1-2;/h17-18H,3-16H2,1-2H3,(H,23,26);2*1-2H3;1H. The molecule has 2 saturated heterocycles. The molecule has 2 aliphatic rings. The number of hydrogen-bond donors (Lipinski definition) is 1. The van der Waals surface area contributed by atoms with E-state index in [9.17, 15) is 19.2 Å². The molecular weight excluding hydrogens is 418 g/mol. The molecule has 2 atom stereocenters. The summed E-state index contributed by atoms with van der Waals surface area (Å²) in [6, 6.07) is 0. The molecule has 1 N–H and O–H groups in total. The highest BCUT2D eigenvalue weighted by Crippen LogP contribution is 2.19. The number of carbonyl (C=O) groups is 4. The van der Waals surface area contributed by atoms with Crippen molar-refractivity contribution in [3.05, 3.63) is 0 Å². The van der Waals surface area contributed by atoms with Crippen LogP contribution in [0.15, 0.2) is 0 Å². The Morgan fingerprint density at radius 3 is 2.15 bits per heavy atom. The van der Waals surface area contributed by atoms with Gasteiger partial charge in [0.25, 0.3) is 0 Å². The van der Waals surface area contributed by atoms with Crippen molar-refractivity contribution < 1.29 is 20.6 Å². The molecule has 2 aliphatic heterocycles. The van der Waals surface area contributed by atoms with E-state index in [4.69, 9.17) is 0 Å². The van der Waals surface area contributed by atoms with Crippen molar-refractivity contribution in [3.63, 3.8) is 0 Å². The van der Waals surface area contributed by atoms with E-state index in [2.05, 4.69) is 12.2 Å². The molecule has 2 rings (SSSR count). The summed E-state index contributed by atoms with van der Waals surface area (Å²) < 4.78 is 0. The number of imide groups is 1. The van der Waals surface area contributed by atoms with Crippen molar-refractivity contribution >= 4 is 23.6 Å². The van der Waals surface area contributed by atoms with Gasteiger partial charge in [0, 0.05) is 52.8 Å². The second kappa shape index (κ2) is 18.5. The molecule has 7 heteroatoms. The lowest BCUT2D eigenvalue weighted by Gasteiger charge is -2.15. The Bertz CT molecular complexity index is 601. The average Bonchev–Trinajstić information content (AvgIpc) is 3.36. The molecule has 2 heterocycles. The van der Waals surface area contributed by atoms with Gasteiger partial charge in [-0.05, 0) is 38.0 Å². The van der Waals surface area contributed by atoms with Gasteiger partial charge in [-0.25, -0.2) is 0 Å². The highest BCUT2D eigenvalue weighted by molar-refractivity contribution is 6.03. The fourth-order valence-electron chi connectivity index (χ4n) is 4.03. The molecular formula is C26H51N3O4. The smallest absolute Gasteiger partial charge is 0.232 e. The third kappa shape index (κ3) is 12.2. The summed E-state index contributed by atoms with van der Waals surface area (Å²) in [5.74, 6) is 0.624. The number of unbranched alkanes of at least 4 members (excludes halogenated alkanes) is 4. The molecule has 0 aromatic rings. The number of rotatable bonds is 12. The first kappa shape index (κ1) is 31.1.